The van der Waals surface area contributed by atoms with Gasteiger partial charge in [-0.05, 0) is 48.9 Å². The minimum absolute atomic E-state index is 0.0968. The van der Waals surface area contributed by atoms with Crippen molar-refractivity contribution in [3.05, 3.63) is 58.6 Å². The summed E-state index contributed by atoms with van der Waals surface area (Å²) < 4.78 is 29.4. The van der Waals surface area contributed by atoms with Crippen LogP contribution in [-0.4, -0.2) is 19.5 Å². The monoisotopic (exact) mass is 326 g/mol. The van der Waals surface area contributed by atoms with Crippen molar-refractivity contribution in [3.8, 4) is 5.75 Å². The van der Waals surface area contributed by atoms with Crippen LogP contribution in [0.4, 0.5) is 0 Å². The van der Waals surface area contributed by atoms with Crippen molar-refractivity contribution in [1.82, 2.24) is 0 Å². The third kappa shape index (κ3) is 3.53. The van der Waals surface area contributed by atoms with Gasteiger partial charge in [0.05, 0.1) is 5.56 Å². The summed E-state index contributed by atoms with van der Waals surface area (Å²) in [6.45, 7) is 1.56. The van der Waals surface area contributed by atoms with Gasteiger partial charge in [-0.1, -0.05) is 17.7 Å². The molecular formula is C14H11ClO5S. The Hall–Kier alpha value is -2.05. The van der Waals surface area contributed by atoms with E-state index >= 15 is 0 Å². The van der Waals surface area contributed by atoms with Crippen molar-refractivity contribution < 1.29 is 22.5 Å². The van der Waals surface area contributed by atoms with E-state index in [1.165, 1.54) is 36.4 Å². The largest absolute Gasteiger partial charge is 0.478 e. The number of benzene rings is 2. The van der Waals surface area contributed by atoms with Crippen LogP contribution in [0.15, 0.2) is 47.4 Å². The van der Waals surface area contributed by atoms with E-state index in [1.54, 1.807) is 6.92 Å². The Bertz CT molecular complexity index is 782. The molecule has 0 aliphatic rings. The van der Waals surface area contributed by atoms with Crippen LogP contribution >= 0.6 is 11.6 Å². The van der Waals surface area contributed by atoms with Gasteiger partial charge in [0.15, 0.2) is 0 Å². The summed E-state index contributed by atoms with van der Waals surface area (Å²) in [6, 6.07) is 9.63. The van der Waals surface area contributed by atoms with E-state index in [0.29, 0.717) is 10.6 Å². The van der Waals surface area contributed by atoms with Crippen LogP contribution in [0.1, 0.15) is 15.9 Å². The lowest BCUT2D eigenvalue weighted by Crippen LogP contribution is -2.12. The fraction of sp³-hybridized carbons (Fsp3) is 0.0714. The van der Waals surface area contributed by atoms with Crippen molar-refractivity contribution in [3.63, 3.8) is 0 Å². The molecule has 0 aliphatic heterocycles. The maximum atomic E-state index is 12.2. The summed E-state index contributed by atoms with van der Waals surface area (Å²) in [5.74, 6) is -1.11. The Kier molecular flexibility index (Phi) is 4.20. The van der Waals surface area contributed by atoms with Crippen LogP contribution in [0.25, 0.3) is 0 Å². The van der Waals surface area contributed by atoms with Gasteiger partial charge in [0.2, 0.25) is 0 Å². The van der Waals surface area contributed by atoms with Gasteiger partial charge in [0.1, 0.15) is 10.6 Å². The van der Waals surface area contributed by atoms with Crippen LogP contribution in [0.5, 0.6) is 5.75 Å². The summed E-state index contributed by atoms with van der Waals surface area (Å²) in [6.07, 6.45) is 0. The predicted molar refractivity (Wildman–Crippen MR) is 77.4 cm³/mol. The molecule has 0 saturated carbocycles. The number of halogens is 1. The van der Waals surface area contributed by atoms with E-state index in [1.807, 2.05) is 0 Å². The van der Waals surface area contributed by atoms with Crippen molar-refractivity contribution >= 4 is 27.7 Å². The number of hydrogen-bond donors (Lipinski definition) is 1. The molecule has 0 atom stereocenters. The zero-order chi connectivity index (χ0) is 15.6. The van der Waals surface area contributed by atoms with Crippen LogP contribution < -0.4 is 4.18 Å². The van der Waals surface area contributed by atoms with Crippen molar-refractivity contribution in [2.24, 2.45) is 0 Å². The van der Waals surface area contributed by atoms with Crippen LogP contribution in [0.3, 0.4) is 0 Å². The lowest BCUT2D eigenvalue weighted by molar-refractivity contribution is 0.0696. The molecule has 0 spiro atoms. The fourth-order valence-corrected chi connectivity index (χ4v) is 2.98. The Labute approximate surface area is 126 Å². The molecule has 0 saturated heterocycles. The number of rotatable bonds is 4. The van der Waals surface area contributed by atoms with Crippen molar-refractivity contribution in [2.75, 3.05) is 0 Å². The second-order valence-electron chi connectivity index (χ2n) is 4.28. The zero-order valence-electron chi connectivity index (χ0n) is 10.9. The highest BCUT2D eigenvalue weighted by molar-refractivity contribution is 7.87. The Balaban J connectivity index is 2.41. The van der Waals surface area contributed by atoms with E-state index in [2.05, 4.69) is 0 Å². The average Bonchev–Trinajstić information content (AvgIpc) is 2.41. The highest BCUT2D eigenvalue weighted by Gasteiger charge is 2.21. The molecule has 0 aromatic heterocycles. The van der Waals surface area contributed by atoms with Gasteiger partial charge in [-0.2, -0.15) is 8.42 Å². The van der Waals surface area contributed by atoms with Crippen LogP contribution in [-0.2, 0) is 10.1 Å². The summed E-state index contributed by atoms with van der Waals surface area (Å²) in [5, 5.41) is 9.38. The minimum Gasteiger partial charge on any atom is -0.478 e. The SMILES string of the molecule is Cc1ccc(C(=O)O)cc1S(=O)(=O)Oc1ccc(Cl)cc1. The second kappa shape index (κ2) is 5.75. The minimum atomic E-state index is -4.12. The van der Waals surface area contributed by atoms with E-state index in [9.17, 15) is 13.2 Å². The average molecular weight is 327 g/mol. The smallest absolute Gasteiger partial charge is 0.339 e. The van der Waals surface area contributed by atoms with Crippen LogP contribution in [0.2, 0.25) is 5.02 Å². The summed E-state index contributed by atoms with van der Waals surface area (Å²) in [4.78, 5) is 10.8. The molecule has 1 N–H and O–H groups in total. The number of carboxylic acid groups (broad SMARTS) is 1. The number of carbonyl (C=O) groups is 1. The highest BCUT2D eigenvalue weighted by atomic mass is 35.5. The number of aromatic carboxylic acids is 1. The molecule has 0 aliphatic carbocycles. The topological polar surface area (TPSA) is 80.7 Å². The van der Waals surface area contributed by atoms with Crippen molar-refractivity contribution in [1.29, 1.82) is 0 Å². The second-order valence-corrected chi connectivity index (χ2v) is 6.23. The molecule has 2 aromatic rings. The molecule has 5 nitrogen and oxygen atoms in total. The molecule has 2 aromatic carbocycles. The number of carboxylic acids is 1. The van der Waals surface area contributed by atoms with Gasteiger partial charge >= 0.3 is 16.1 Å². The molecule has 110 valence electrons. The fourth-order valence-electron chi connectivity index (χ4n) is 1.66. The van der Waals surface area contributed by atoms with Gasteiger partial charge in [0.25, 0.3) is 0 Å². The van der Waals surface area contributed by atoms with Gasteiger partial charge < -0.3 is 9.29 Å². The highest BCUT2D eigenvalue weighted by Crippen LogP contribution is 2.23. The molecule has 0 bridgehead atoms. The normalized spacial score (nSPS) is 11.1. The standard InChI is InChI=1S/C14H11ClO5S/c1-9-2-3-10(14(16)17)8-13(9)21(18,19)20-12-6-4-11(15)5-7-12/h2-8H,1H3,(H,16,17). The molecule has 0 heterocycles. The Morgan fingerprint density at radius 2 is 1.76 bits per heavy atom. The molecule has 0 unspecified atom stereocenters. The first-order chi connectivity index (χ1) is 9.79. The first-order valence-corrected chi connectivity index (χ1v) is 7.62. The lowest BCUT2D eigenvalue weighted by Gasteiger charge is -2.10. The third-order valence-corrected chi connectivity index (χ3v) is 4.37. The van der Waals surface area contributed by atoms with Gasteiger partial charge in [-0.3, -0.25) is 0 Å². The molecule has 7 heteroatoms. The van der Waals surface area contributed by atoms with Gasteiger partial charge in [-0.25, -0.2) is 4.79 Å². The number of aryl methyl sites for hydroxylation is 1. The number of hydrogen-bond acceptors (Lipinski definition) is 4. The van der Waals surface area contributed by atoms with Gasteiger partial charge in [0, 0.05) is 5.02 Å². The molecule has 0 radical (unpaired) electrons. The predicted octanol–water partition coefficient (Wildman–Crippen LogP) is 3.11. The summed E-state index contributed by atoms with van der Waals surface area (Å²) in [5.41, 5.74) is 0.271. The lowest BCUT2D eigenvalue weighted by atomic mass is 10.1. The zero-order valence-corrected chi connectivity index (χ0v) is 12.5. The maximum absolute atomic E-state index is 12.2. The van der Waals surface area contributed by atoms with E-state index in [4.69, 9.17) is 20.9 Å². The molecule has 2 rings (SSSR count). The quantitative estimate of drug-likeness (QED) is 0.873. The molecule has 0 fully saturated rings. The van der Waals surface area contributed by atoms with E-state index < -0.39 is 16.1 Å². The molecule has 21 heavy (non-hydrogen) atoms. The third-order valence-electron chi connectivity index (χ3n) is 2.72. The van der Waals surface area contributed by atoms with Crippen molar-refractivity contribution in [2.45, 2.75) is 11.8 Å². The van der Waals surface area contributed by atoms with E-state index in [0.717, 1.165) is 6.07 Å². The molecule has 0 amide bonds. The maximum Gasteiger partial charge on any atom is 0.339 e. The summed E-state index contributed by atoms with van der Waals surface area (Å²) in [7, 11) is -4.12. The summed E-state index contributed by atoms with van der Waals surface area (Å²) >= 11 is 5.71. The first kappa shape index (κ1) is 15.3. The van der Waals surface area contributed by atoms with E-state index in [-0.39, 0.29) is 16.2 Å². The van der Waals surface area contributed by atoms with Crippen LogP contribution in [0, 0.1) is 6.92 Å². The Morgan fingerprint density at radius 1 is 1.14 bits per heavy atom. The Morgan fingerprint density at radius 3 is 2.33 bits per heavy atom. The molecular weight excluding hydrogens is 316 g/mol. The first-order valence-electron chi connectivity index (χ1n) is 5.83. The van der Waals surface area contributed by atoms with Gasteiger partial charge in [-0.15, -0.1) is 0 Å².